The molecule has 1 aromatic heterocycles. The van der Waals surface area contributed by atoms with Crippen molar-refractivity contribution in [2.75, 3.05) is 13.9 Å². The van der Waals surface area contributed by atoms with Crippen LogP contribution in [-0.4, -0.2) is 41.5 Å². The van der Waals surface area contributed by atoms with Crippen LogP contribution in [0, 0.1) is 0 Å². The average Bonchev–Trinajstić information content (AvgIpc) is 3.23. The van der Waals surface area contributed by atoms with Crippen molar-refractivity contribution in [2.45, 2.75) is 6.61 Å². The van der Waals surface area contributed by atoms with E-state index in [1.165, 1.54) is 31.3 Å². The quantitative estimate of drug-likeness (QED) is 0.390. The van der Waals surface area contributed by atoms with Crippen molar-refractivity contribution < 1.29 is 32.3 Å². The lowest BCUT2D eigenvalue weighted by Crippen LogP contribution is -2.29. The van der Waals surface area contributed by atoms with Crippen molar-refractivity contribution in [1.82, 2.24) is 14.7 Å². The summed E-state index contributed by atoms with van der Waals surface area (Å²) in [6.45, 7) is -4.12. The molecule has 0 radical (unpaired) electrons. The third-order valence-electron chi connectivity index (χ3n) is 3.73. The predicted molar refractivity (Wildman–Crippen MR) is 106 cm³/mol. The summed E-state index contributed by atoms with van der Waals surface area (Å²) in [7, 11) is 1.39. The van der Waals surface area contributed by atoms with Crippen LogP contribution in [0.4, 0.5) is 13.2 Å². The number of hydrogen-bond acceptors (Lipinski definition) is 8. The molecule has 162 valence electrons. The van der Waals surface area contributed by atoms with Gasteiger partial charge in [-0.25, -0.2) is 4.39 Å². The number of para-hydroxylation sites is 1. The van der Waals surface area contributed by atoms with Gasteiger partial charge in [0.15, 0.2) is 11.5 Å². The molecule has 0 saturated carbocycles. The van der Waals surface area contributed by atoms with Crippen LogP contribution in [0.15, 0.2) is 53.7 Å². The molecule has 0 atom stereocenters. The van der Waals surface area contributed by atoms with Gasteiger partial charge in [-0.05, 0) is 36.4 Å². The van der Waals surface area contributed by atoms with Crippen molar-refractivity contribution in [3.05, 3.63) is 54.1 Å². The molecule has 3 rings (SSSR count). The highest BCUT2D eigenvalue weighted by molar-refractivity contribution is 7.07. The zero-order valence-corrected chi connectivity index (χ0v) is 16.7. The van der Waals surface area contributed by atoms with Gasteiger partial charge in [-0.15, -0.1) is 0 Å². The molecule has 1 N–H and O–H groups in total. The lowest BCUT2D eigenvalue weighted by Gasteiger charge is -2.10. The monoisotopic (exact) mass is 452 g/mol. The molecule has 8 nitrogen and oxygen atoms in total. The maximum Gasteiger partial charge on any atom is 0.387 e. The Labute approximate surface area is 178 Å². The van der Waals surface area contributed by atoms with Crippen LogP contribution >= 0.6 is 11.5 Å². The van der Waals surface area contributed by atoms with Gasteiger partial charge in [0.2, 0.25) is 0 Å². The molecule has 0 fully saturated rings. The van der Waals surface area contributed by atoms with Crippen LogP contribution in [0.3, 0.4) is 0 Å². The summed E-state index contributed by atoms with van der Waals surface area (Å²) in [6, 6.07) is 12.2. The van der Waals surface area contributed by atoms with E-state index in [-0.39, 0.29) is 28.0 Å². The fourth-order valence-electron chi connectivity index (χ4n) is 2.42. The Balaban J connectivity index is 1.83. The van der Waals surface area contributed by atoms with E-state index >= 15 is 0 Å². The van der Waals surface area contributed by atoms with Crippen molar-refractivity contribution in [3.8, 4) is 28.1 Å². The molecule has 0 aliphatic carbocycles. The Hall–Kier alpha value is -3.67. The third-order valence-corrected chi connectivity index (χ3v) is 4.33. The van der Waals surface area contributed by atoms with Crippen molar-refractivity contribution in [3.63, 3.8) is 0 Å². The number of nitrogens with one attached hydrogen (secondary N) is 1. The number of aromatic nitrogens is 2. The zero-order chi connectivity index (χ0) is 22.2. The molecule has 3 aromatic rings. The Bertz CT molecular complexity index is 1060. The highest BCUT2D eigenvalue weighted by atomic mass is 32.1. The maximum atomic E-state index is 12.4. The van der Waals surface area contributed by atoms with Gasteiger partial charge in [0, 0.05) is 24.1 Å². The molecular weight excluding hydrogens is 437 g/mol. The highest BCUT2D eigenvalue weighted by Crippen LogP contribution is 2.30. The number of oxime groups is 1. The summed E-state index contributed by atoms with van der Waals surface area (Å²) in [6.07, 6.45) is 0. The molecule has 1 amide bonds. The van der Waals surface area contributed by atoms with E-state index in [9.17, 15) is 18.0 Å². The Morgan fingerprint density at radius 3 is 2.61 bits per heavy atom. The van der Waals surface area contributed by atoms with Gasteiger partial charge in [-0.3, -0.25) is 4.79 Å². The number of benzene rings is 2. The average molecular weight is 452 g/mol. The molecule has 2 aromatic carbocycles. The number of alkyl halides is 3. The minimum Gasteiger partial charge on any atom is -0.435 e. The summed E-state index contributed by atoms with van der Waals surface area (Å²) in [5, 5.41) is 6.06. The third kappa shape index (κ3) is 5.69. The van der Waals surface area contributed by atoms with Crippen LogP contribution in [-0.2, 0) is 9.63 Å². The van der Waals surface area contributed by atoms with E-state index in [1.807, 2.05) is 0 Å². The molecule has 1 heterocycles. The van der Waals surface area contributed by atoms with E-state index in [0.29, 0.717) is 11.4 Å². The number of hydrogen-bond donors (Lipinski definition) is 1. The van der Waals surface area contributed by atoms with E-state index in [1.54, 1.807) is 24.3 Å². The van der Waals surface area contributed by atoms with Gasteiger partial charge in [0.25, 0.3) is 18.0 Å². The first-order chi connectivity index (χ1) is 15.0. The number of ether oxygens (including phenoxy) is 2. The zero-order valence-electron chi connectivity index (χ0n) is 15.9. The van der Waals surface area contributed by atoms with Gasteiger partial charge in [0.1, 0.15) is 11.5 Å². The van der Waals surface area contributed by atoms with E-state index in [2.05, 4.69) is 29.4 Å². The molecule has 0 unspecified atom stereocenters. The molecule has 0 aliphatic rings. The molecule has 0 saturated heterocycles. The summed E-state index contributed by atoms with van der Waals surface area (Å²) in [5.74, 6) is -0.0674. The highest BCUT2D eigenvalue weighted by Gasteiger charge is 2.20. The van der Waals surface area contributed by atoms with Gasteiger partial charge in [0.05, 0.1) is 5.56 Å². The van der Waals surface area contributed by atoms with E-state index in [4.69, 9.17) is 4.74 Å². The van der Waals surface area contributed by atoms with Gasteiger partial charge >= 0.3 is 6.61 Å². The summed E-state index contributed by atoms with van der Waals surface area (Å²) in [4.78, 5) is 20.8. The van der Waals surface area contributed by atoms with Crippen LogP contribution in [0.2, 0.25) is 0 Å². The first-order valence-electron chi connectivity index (χ1n) is 8.66. The number of amides is 1. The molecule has 0 bridgehead atoms. The fourth-order valence-corrected chi connectivity index (χ4v) is 2.98. The number of halogens is 3. The SMILES string of the molecule is CNC(=O)C(=NOCF)c1ccccc1Oc1nc(-c2ccc(OC(F)F)cc2)ns1. The Kier molecular flexibility index (Phi) is 7.38. The second kappa shape index (κ2) is 10.4. The molecule has 31 heavy (non-hydrogen) atoms. The number of likely N-dealkylation sites (N-methyl/N-ethyl adjacent to an activating group) is 1. The van der Waals surface area contributed by atoms with E-state index in [0.717, 1.165) is 11.5 Å². The molecular formula is C19H15F3N4O4S. The maximum absolute atomic E-state index is 12.4. The molecule has 0 aliphatic heterocycles. The largest absolute Gasteiger partial charge is 0.435 e. The lowest BCUT2D eigenvalue weighted by molar-refractivity contribution is -0.114. The van der Waals surface area contributed by atoms with Gasteiger partial charge < -0.3 is 19.6 Å². The normalized spacial score (nSPS) is 11.3. The first kappa shape index (κ1) is 22.0. The number of rotatable bonds is 9. The molecule has 0 spiro atoms. The van der Waals surface area contributed by atoms with Crippen molar-refractivity contribution in [2.24, 2.45) is 5.16 Å². The second-order valence-corrected chi connectivity index (χ2v) is 6.36. The predicted octanol–water partition coefficient (Wildman–Crippen LogP) is 3.99. The minimum absolute atomic E-state index is 0.0101. The van der Waals surface area contributed by atoms with Crippen molar-refractivity contribution >= 4 is 23.2 Å². The van der Waals surface area contributed by atoms with Gasteiger partial charge in [-0.2, -0.15) is 18.1 Å². The topological polar surface area (TPSA) is 94.9 Å². The number of carbonyl (C=O) groups excluding carboxylic acids is 1. The summed E-state index contributed by atoms with van der Waals surface area (Å²) < 4.78 is 51.2. The number of carbonyl (C=O) groups is 1. The van der Waals surface area contributed by atoms with E-state index < -0.39 is 19.4 Å². The minimum atomic E-state index is -2.91. The smallest absolute Gasteiger partial charge is 0.387 e. The second-order valence-electron chi connectivity index (χ2n) is 5.64. The van der Waals surface area contributed by atoms with Gasteiger partial charge in [-0.1, -0.05) is 17.3 Å². The summed E-state index contributed by atoms with van der Waals surface area (Å²) in [5.41, 5.74) is 0.626. The van der Waals surface area contributed by atoms with Crippen LogP contribution in [0.5, 0.6) is 16.7 Å². The standard InChI is InChI=1S/C19H15F3N4O4S/c1-23-17(27)15(25-28-10-20)13-4-2-3-5-14(13)30-19-24-16(26-31-19)11-6-8-12(9-7-11)29-18(21)22/h2-9,18H,10H2,1H3,(H,23,27). The fraction of sp³-hybridized carbons (Fsp3) is 0.158. The van der Waals surface area contributed by atoms with Crippen molar-refractivity contribution in [1.29, 1.82) is 0 Å². The van der Waals surface area contributed by atoms with Crippen LogP contribution in [0.1, 0.15) is 5.56 Å². The summed E-state index contributed by atoms with van der Waals surface area (Å²) >= 11 is 0.940. The Morgan fingerprint density at radius 1 is 1.19 bits per heavy atom. The van der Waals surface area contributed by atoms with Crippen LogP contribution in [0.25, 0.3) is 11.4 Å². The Morgan fingerprint density at radius 2 is 1.94 bits per heavy atom. The number of nitrogens with zero attached hydrogens (tertiary/aromatic N) is 3. The molecule has 12 heteroatoms. The lowest BCUT2D eigenvalue weighted by atomic mass is 10.1. The first-order valence-corrected chi connectivity index (χ1v) is 9.43. The van der Waals surface area contributed by atoms with Crippen LogP contribution < -0.4 is 14.8 Å².